The molecular formula is C16H19ClFN3O. The fourth-order valence-electron chi connectivity index (χ4n) is 3.47. The van der Waals surface area contributed by atoms with Gasteiger partial charge in [-0.05, 0) is 37.1 Å². The van der Waals surface area contributed by atoms with Crippen LogP contribution in [0, 0.1) is 0 Å². The molecule has 0 radical (unpaired) electrons. The highest BCUT2D eigenvalue weighted by Gasteiger charge is 2.26. The Morgan fingerprint density at radius 2 is 2.27 bits per heavy atom. The molecule has 0 spiro atoms. The van der Waals surface area contributed by atoms with E-state index in [9.17, 15) is 4.39 Å². The van der Waals surface area contributed by atoms with E-state index in [1.165, 1.54) is 0 Å². The Bertz CT molecular complexity index is 685. The molecule has 118 valence electrons. The number of nitrogens with zero attached hydrogens (tertiary/aromatic N) is 3. The summed E-state index contributed by atoms with van der Waals surface area (Å²) in [5.41, 5.74) is 2.04. The van der Waals surface area contributed by atoms with Crippen LogP contribution in [-0.2, 0) is 11.3 Å². The van der Waals surface area contributed by atoms with Gasteiger partial charge in [0, 0.05) is 24.2 Å². The molecule has 2 aromatic heterocycles. The molecule has 0 amide bonds. The fraction of sp³-hybridized carbons (Fsp3) is 0.562. The van der Waals surface area contributed by atoms with Crippen LogP contribution < -0.4 is 0 Å². The number of alkyl halides is 1. The van der Waals surface area contributed by atoms with Gasteiger partial charge in [-0.2, -0.15) is 0 Å². The summed E-state index contributed by atoms with van der Waals surface area (Å²) in [6.07, 6.45) is 4.07. The first-order valence-corrected chi connectivity index (χ1v) is 8.18. The number of aromatic nitrogens is 2. The van der Waals surface area contributed by atoms with Gasteiger partial charge in [0.1, 0.15) is 17.5 Å². The van der Waals surface area contributed by atoms with Gasteiger partial charge in [-0.1, -0.05) is 11.6 Å². The van der Waals surface area contributed by atoms with Crippen molar-refractivity contribution in [1.82, 2.24) is 14.5 Å². The van der Waals surface area contributed by atoms with Crippen molar-refractivity contribution in [2.75, 3.05) is 26.4 Å². The van der Waals surface area contributed by atoms with Crippen LogP contribution in [0.3, 0.4) is 0 Å². The third-order valence-electron chi connectivity index (χ3n) is 4.80. The highest BCUT2D eigenvalue weighted by molar-refractivity contribution is 6.29. The molecule has 0 aliphatic carbocycles. The summed E-state index contributed by atoms with van der Waals surface area (Å²) in [6.45, 7) is 2.86. The van der Waals surface area contributed by atoms with Crippen LogP contribution in [0.4, 0.5) is 4.39 Å². The predicted molar refractivity (Wildman–Crippen MR) is 84.0 cm³/mol. The first-order valence-electron chi connectivity index (χ1n) is 7.80. The molecule has 2 fully saturated rings. The zero-order valence-corrected chi connectivity index (χ0v) is 13.1. The van der Waals surface area contributed by atoms with E-state index in [1.807, 2.05) is 6.07 Å². The molecule has 1 unspecified atom stereocenters. The Balaban J connectivity index is 1.69. The van der Waals surface area contributed by atoms with Gasteiger partial charge >= 0.3 is 0 Å². The number of hydrogen-bond acceptors (Lipinski definition) is 3. The summed E-state index contributed by atoms with van der Waals surface area (Å²) in [5.74, 6) is 0. The number of rotatable bonds is 4. The molecule has 0 bridgehead atoms. The smallest absolute Gasteiger partial charge is 0.142 e. The second-order valence-electron chi connectivity index (χ2n) is 6.18. The summed E-state index contributed by atoms with van der Waals surface area (Å²) >= 11 is 6.23. The van der Waals surface area contributed by atoms with E-state index in [0.29, 0.717) is 11.2 Å². The van der Waals surface area contributed by atoms with Crippen molar-refractivity contribution in [2.24, 2.45) is 0 Å². The van der Waals surface area contributed by atoms with E-state index in [4.69, 9.17) is 16.3 Å². The molecule has 2 aromatic rings. The lowest BCUT2D eigenvalue weighted by atomic mass is 10.1. The lowest BCUT2D eigenvalue weighted by molar-refractivity contribution is -0.0216. The molecule has 0 saturated carbocycles. The van der Waals surface area contributed by atoms with Crippen LogP contribution in [0.15, 0.2) is 18.3 Å². The molecule has 4 rings (SSSR count). The van der Waals surface area contributed by atoms with Crippen LogP contribution in [-0.4, -0.2) is 46.9 Å². The van der Waals surface area contributed by atoms with Crippen LogP contribution in [0.25, 0.3) is 11.0 Å². The van der Waals surface area contributed by atoms with E-state index < -0.39 is 0 Å². The predicted octanol–water partition coefficient (Wildman–Crippen LogP) is 3.19. The van der Waals surface area contributed by atoms with Gasteiger partial charge in [-0.15, -0.1) is 0 Å². The number of fused-ring (bicyclic) bond motifs is 1. The average molecular weight is 324 g/mol. The zero-order chi connectivity index (χ0) is 15.1. The van der Waals surface area contributed by atoms with Crippen molar-refractivity contribution in [3.63, 3.8) is 0 Å². The molecule has 2 saturated heterocycles. The Kier molecular flexibility index (Phi) is 3.80. The van der Waals surface area contributed by atoms with Gasteiger partial charge in [0.05, 0.1) is 19.3 Å². The maximum absolute atomic E-state index is 13.1. The van der Waals surface area contributed by atoms with Gasteiger partial charge in [0.2, 0.25) is 0 Å². The quantitative estimate of drug-likeness (QED) is 0.809. The standard InChI is InChI=1S/C16H19ClFN3O/c17-15-6-11(8-20-4-1-2-12(20)7-18)14-3-5-21(16(14)19-15)13-9-22-10-13/h3,5-6,12-13H,1-2,4,7-10H2. The average Bonchev–Trinajstić information content (AvgIpc) is 3.04. The van der Waals surface area contributed by atoms with Crippen LogP contribution in [0.1, 0.15) is 24.4 Å². The molecule has 0 aromatic carbocycles. The maximum atomic E-state index is 13.1. The molecule has 2 aliphatic rings. The molecule has 22 heavy (non-hydrogen) atoms. The molecule has 4 heterocycles. The van der Waals surface area contributed by atoms with Gasteiger partial charge in [0.15, 0.2) is 0 Å². The van der Waals surface area contributed by atoms with E-state index in [0.717, 1.165) is 55.7 Å². The van der Waals surface area contributed by atoms with E-state index in [2.05, 4.69) is 26.7 Å². The first-order chi connectivity index (χ1) is 10.8. The summed E-state index contributed by atoms with van der Waals surface area (Å²) in [4.78, 5) is 6.71. The molecule has 6 heteroatoms. The monoisotopic (exact) mass is 323 g/mol. The Morgan fingerprint density at radius 3 is 3.00 bits per heavy atom. The third-order valence-corrected chi connectivity index (χ3v) is 5.00. The summed E-state index contributed by atoms with van der Waals surface area (Å²) in [5, 5.41) is 1.61. The van der Waals surface area contributed by atoms with Crippen LogP contribution in [0.2, 0.25) is 5.15 Å². The molecule has 2 aliphatic heterocycles. The van der Waals surface area contributed by atoms with E-state index in [1.54, 1.807) is 0 Å². The Hall–Kier alpha value is -1.17. The largest absolute Gasteiger partial charge is 0.377 e. The topological polar surface area (TPSA) is 30.3 Å². The Morgan fingerprint density at radius 1 is 1.41 bits per heavy atom. The van der Waals surface area contributed by atoms with Crippen LogP contribution in [0.5, 0.6) is 0 Å². The highest BCUT2D eigenvalue weighted by atomic mass is 35.5. The number of halogens is 2. The minimum Gasteiger partial charge on any atom is -0.377 e. The second-order valence-corrected chi connectivity index (χ2v) is 6.56. The van der Waals surface area contributed by atoms with Crippen molar-refractivity contribution in [1.29, 1.82) is 0 Å². The molecule has 4 nitrogen and oxygen atoms in total. The fourth-order valence-corrected chi connectivity index (χ4v) is 3.68. The Labute approximate surface area is 133 Å². The van der Waals surface area contributed by atoms with E-state index >= 15 is 0 Å². The van der Waals surface area contributed by atoms with E-state index in [-0.39, 0.29) is 12.7 Å². The number of ether oxygens (including phenoxy) is 1. The lowest BCUT2D eigenvalue weighted by Gasteiger charge is -2.28. The minimum atomic E-state index is -0.275. The minimum absolute atomic E-state index is 0.0455. The summed E-state index contributed by atoms with van der Waals surface area (Å²) in [6, 6.07) is 4.40. The lowest BCUT2D eigenvalue weighted by Crippen LogP contribution is -2.31. The number of likely N-dealkylation sites (tertiary alicyclic amines) is 1. The van der Waals surface area contributed by atoms with Crippen LogP contribution >= 0.6 is 11.6 Å². The maximum Gasteiger partial charge on any atom is 0.142 e. The van der Waals surface area contributed by atoms with Crippen molar-refractivity contribution in [2.45, 2.75) is 31.5 Å². The highest BCUT2D eigenvalue weighted by Crippen LogP contribution is 2.30. The summed E-state index contributed by atoms with van der Waals surface area (Å²) < 4.78 is 20.5. The van der Waals surface area contributed by atoms with Gasteiger partial charge in [-0.25, -0.2) is 9.37 Å². The SMILES string of the molecule is FCC1CCCN1Cc1cc(Cl)nc2c1ccn2C1COC1. The molecular weight excluding hydrogens is 305 g/mol. The number of pyridine rings is 1. The third kappa shape index (κ3) is 2.41. The normalized spacial score (nSPS) is 23.3. The second kappa shape index (κ2) is 5.80. The van der Waals surface area contributed by atoms with Gasteiger partial charge in [-0.3, -0.25) is 4.90 Å². The van der Waals surface area contributed by atoms with Gasteiger partial charge < -0.3 is 9.30 Å². The van der Waals surface area contributed by atoms with Crippen molar-refractivity contribution < 1.29 is 9.13 Å². The first kappa shape index (κ1) is 14.4. The summed E-state index contributed by atoms with van der Waals surface area (Å²) in [7, 11) is 0. The molecule has 0 N–H and O–H groups in total. The van der Waals surface area contributed by atoms with Gasteiger partial charge in [0.25, 0.3) is 0 Å². The number of hydrogen-bond donors (Lipinski definition) is 0. The molecule has 1 atom stereocenters. The zero-order valence-electron chi connectivity index (χ0n) is 12.3. The van der Waals surface area contributed by atoms with Crippen molar-refractivity contribution in [3.8, 4) is 0 Å². The van der Waals surface area contributed by atoms with Crippen molar-refractivity contribution >= 4 is 22.6 Å². The van der Waals surface area contributed by atoms with Crippen molar-refractivity contribution in [3.05, 3.63) is 29.0 Å².